The Bertz CT molecular complexity index is 1120. The van der Waals surface area contributed by atoms with Gasteiger partial charge in [-0.1, -0.05) is 32.9 Å². The molecule has 1 aromatic carbocycles. The Morgan fingerprint density at radius 2 is 2.09 bits per heavy atom. The SMILES string of the molecule is CCc1csc(N[C@H](C(=O)N2CC(OC(=O)N3Cc4cccc(F)c4C3)C[C@H]2C(=O)O)C(C)C)n1. The first-order valence-electron chi connectivity index (χ1n) is 11.6. The number of carboxylic acid groups (broad SMARTS) is 1. The number of nitrogens with zero attached hydrogens (tertiary/aromatic N) is 3. The van der Waals surface area contributed by atoms with Crippen LogP contribution in [0.1, 0.15) is 44.0 Å². The Balaban J connectivity index is 1.43. The van der Waals surface area contributed by atoms with E-state index in [1.165, 1.54) is 27.2 Å². The van der Waals surface area contributed by atoms with Gasteiger partial charge >= 0.3 is 12.1 Å². The molecule has 2 aliphatic heterocycles. The molecule has 1 fully saturated rings. The van der Waals surface area contributed by atoms with E-state index in [1.54, 1.807) is 12.1 Å². The number of anilines is 1. The third kappa shape index (κ3) is 5.24. The second kappa shape index (κ2) is 10.2. The molecular formula is C24H29FN4O5S. The van der Waals surface area contributed by atoms with E-state index in [0.29, 0.717) is 16.3 Å². The number of halogens is 1. The summed E-state index contributed by atoms with van der Waals surface area (Å²) in [6.45, 7) is 6.01. The van der Waals surface area contributed by atoms with Gasteiger partial charge in [0.15, 0.2) is 5.13 Å². The Morgan fingerprint density at radius 3 is 2.71 bits per heavy atom. The van der Waals surface area contributed by atoms with Crippen LogP contribution in [0.3, 0.4) is 0 Å². The number of amides is 2. The molecule has 4 rings (SSSR count). The van der Waals surface area contributed by atoms with Gasteiger partial charge in [0.25, 0.3) is 0 Å². The molecule has 0 radical (unpaired) electrons. The molecule has 0 saturated carbocycles. The largest absolute Gasteiger partial charge is 0.480 e. The molecule has 0 spiro atoms. The van der Waals surface area contributed by atoms with Crippen LogP contribution in [-0.4, -0.2) is 62.6 Å². The minimum atomic E-state index is -1.16. The monoisotopic (exact) mass is 504 g/mol. The number of carbonyl (C=O) groups is 3. The lowest BCUT2D eigenvalue weighted by atomic mass is 10.0. The summed E-state index contributed by atoms with van der Waals surface area (Å²) in [6, 6.07) is 2.90. The molecule has 1 aromatic heterocycles. The molecule has 1 unspecified atom stereocenters. The Kier molecular flexibility index (Phi) is 7.25. The minimum Gasteiger partial charge on any atom is -0.480 e. The van der Waals surface area contributed by atoms with E-state index < -0.39 is 30.3 Å². The molecule has 3 atom stereocenters. The highest BCUT2D eigenvalue weighted by Crippen LogP contribution is 2.29. The number of thiazole rings is 1. The summed E-state index contributed by atoms with van der Waals surface area (Å²) in [6.07, 6.45) is -0.671. The lowest BCUT2D eigenvalue weighted by molar-refractivity contribution is -0.148. The Hall–Kier alpha value is -3.21. The number of likely N-dealkylation sites (tertiary alicyclic amines) is 1. The molecular weight excluding hydrogens is 475 g/mol. The number of aryl methyl sites for hydroxylation is 1. The van der Waals surface area contributed by atoms with Gasteiger partial charge in [-0.25, -0.2) is 19.0 Å². The highest BCUT2D eigenvalue weighted by molar-refractivity contribution is 7.13. The summed E-state index contributed by atoms with van der Waals surface area (Å²) in [7, 11) is 0. The minimum absolute atomic E-state index is 0.00991. The fourth-order valence-corrected chi connectivity index (χ4v) is 5.28. The van der Waals surface area contributed by atoms with Crippen LogP contribution in [0.4, 0.5) is 14.3 Å². The van der Waals surface area contributed by atoms with Crippen LogP contribution in [0.15, 0.2) is 23.6 Å². The number of fused-ring (bicyclic) bond motifs is 1. The standard InChI is InChI=1S/C24H29FN4O5S/c1-4-15-12-35-23(26-15)27-20(13(2)3)21(30)29-10-16(8-19(29)22(31)32)34-24(33)28-9-14-6-5-7-18(25)17(14)11-28/h5-7,12-13,16,19-20H,4,8-11H2,1-3H3,(H,26,27)(H,31,32)/t16?,19-,20-/m0/s1. The van der Waals surface area contributed by atoms with Gasteiger partial charge in [-0.2, -0.15) is 0 Å². The zero-order valence-corrected chi connectivity index (χ0v) is 20.7. The molecule has 188 valence electrons. The molecule has 0 bridgehead atoms. The topological polar surface area (TPSA) is 112 Å². The van der Waals surface area contributed by atoms with Crippen LogP contribution in [0.25, 0.3) is 0 Å². The van der Waals surface area contributed by atoms with Crippen molar-refractivity contribution in [3.63, 3.8) is 0 Å². The van der Waals surface area contributed by atoms with Gasteiger partial charge in [0.05, 0.1) is 18.8 Å². The smallest absolute Gasteiger partial charge is 0.410 e. The number of benzene rings is 1. The number of hydrogen-bond donors (Lipinski definition) is 2. The molecule has 9 nitrogen and oxygen atoms in total. The van der Waals surface area contributed by atoms with Gasteiger partial charge in [0.1, 0.15) is 24.0 Å². The number of aromatic nitrogens is 1. The predicted molar refractivity (Wildman–Crippen MR) is 127 cm³/mol. The maximum absolute atomic E-state index is 14.0. The number of hydrogen-bond acceptors (Lipinski definition) is 7. The summed E-state index contributed by atoms with van der Waals surface area (Å²) >= 11 is 1.39. The first-order valence-corrected chi connectivity index (χ1v) is 12.5. The zero-order valence-electron chi connectivity index (χ0n) is 19.9. The Labute approximate surface area is 206 Å². The first-order chi connectivity index (χ1) is 16.7. The van der Waals surface area contributed by atoms with Crippen molar-refractivity contribution < 1.29 is 28.6 Å². The molecule has 2 aliphatic rings. The lowest BCUT2D eigenvalue weighted by Gasteiger charge is -2.29. The van der Waals surface area contributed by atoms with Crippen molar-refractivity contribution >= 4 is 34.4 Å². The van der Waals surface area contributed by atoms with E-state index in [2.05, 4.69) is 10.3 Å². The predicted octanol–water partition coefficient (Wildman–Crippen LogP) is 3.49. The highest BCUT2D eigenvalue weighted by atomic mass is 32.1. The molecule has 2 N–H and O–H groups in total. The van der Waals surface area contributed by atoms with Crippen molar-refractivity contribution in [2.75, 3.05) is 11.9 Å². The summed E-state index contributed by atoms with van der Waals surface area (Å²) < 4.78 is 19.6. The van der Waals surface area contributed by atoms with Gasteiger partial charge in [0, 0.05) is 23.9 Å². The van der Waals surface area contributed by atoms with Crippen LogP contribution in [-0.2, 0) is 33.8 Å². The highest BCUT2D eigenvalue weighted by Gasteiger charge is 2.44. The Morgan fingerprint density at radius 1 is 1.31 bits per heavy atom. The molecule has 35 heavy (non-hydrogen) atoms. The van der Waals surface area contributed by atoms with Crippen LogP contribution in [0.5, 0.6) is 0 Å². The number of nitrogens with one attached hydrogen (secondary N) is 1. The first kappa shape index (κ1) is 24.9. The van der Waals surface area contributed by atoms with Crippen LogP contribution >= 0.6 is 11.3 Å². The molecule has 11 heteroatoms. The van der Waals surface area contributed by atoms with E-state index in [0.717, 1.165) is 12.1 Å². The maximum atomic E-state index is 14.0. The fraction of sp³-hybridized carbons (Fsp3) is 0.500. The fourth-order valence-electron chi connectivity index (χ4n) is 4.45. The zero-order chi connectivity index (χ0) is 25.3. The van der Waals surface area contributed by atoms with Crippen LogP contribution in [0, 0.1) is 11.7 Å². The van der Waals surface area contributed by atoms with E-state index in [9.17, 15) is 23.9 Å². The quantitative estimate of drug-likeness (QED) is 0.594. The number of ether oxygens (including phenoxy) is 1. The van der Waals surface area contributed by atoms with Gasteiger partial charge < -0.3 is 20.1 Å². The number of aliphatic carboxylic acids is 1. The summed E-state index contributed by atoms with van der Waals surface area (Å²) in [5.74, 6) is -2.04. The second-order valence-corrected chi connectivity index (χ2v) is 10.0. The summed E-state index contributed by atoms with van der Waals surface area (Å²) in [5, 5.41) is 15.4. The number of carboxylic acids is 1. The van der Waals surface area contributed by atoms with Gasteiger partial charge in [-0.3, -0.25) is 9.69 Å². The third-order valence-corrected chi connectivity index (χ3v) is 7.23. The van der Waals surface area contributed by atoms with Gasteiger partial charge in [-0.15, -0.1) is 11.3 Å². The van der Waals surface area contributed by atoms with E-state index >= 15 is 0 Å². The van der Waals surface area contributed by atoms with E-state index in [4.69, 9.17) is 4.74 Å². The van der Waals surface area contributed by atoms with Crippen molar-refractivity contribution in [1.82, 2.24) is 14.8 Å². The molecule has 1 saturated heterocycles. The molecule has 2 amide bonds. The average Bonchev–Trinajstić information content (AvgIpc) is 3.55. The van der Waals surface area contributed by atoms with Crippen molar-refractivity contribution in [3.8, 4) is 0 Å². The number of rotatable bonds is 7. The van der Waals surface area contributed by atoms with Gasteiger partial charge in [0.2, 0.25) is 5.91 Å². The van der Waals surface area contributed by atoms with Crippen molar-refractivity contribution in [2.24, 2.45) is 5.92 Å². The van der Waals surface area contributed by atoms with E-state index in [1.807, 2.05) is 26.2 Å². The number of carbonyl (C=O) groups excluding carboxylic acids is 2. The van der Waals surface area contributed by atoms with Crippen LogP contribution in [0.2, 0.25) is 0 Å². The summed E-state index contributed by atoms with van der Waals surface area (Å²) in [5.41, 5.74) is 2.08. The molecule has 0 aliphatic carbocycles. The van der Waals surface area contributed by atoms with Crippen molar-refractivity contribution in [3.05, 3.63) is 46.2 Å². The van der Waals surface area contributed by atoms with Crippen LogP contribution < -0.4 is 5.32 Å². The third-order valence-electron chi connectivity index (χ3n) is 6.41. The normalized spacial score (nSPS) is 20.1. The average molecular weight is 505 g/mol. The lowest BCUT2D eigenvalue weighted by Crippen LogP contribution is -2.50. The van der Waals surface area contributed by atoms with E-state index in [-0.39, 0.29) is 43.7 Å². The summed E-state index contributed by atoms with van der Waals surface area (Å²) in [4.78, 5) is 45.3. The molecule has 2 aromatic rings. The van der Waals surface area contributed by atoms with Gasteiger partial charge in [-0.05, 0) is 24.0 Å². The van der Waals surface area contributed by atoms with Crippen molar-refractivity contribution in [1.29, 1.82) is 0 Å². The van der Waals surface area contributed by atoms with Crippen molar-refractivity contribution in [2.45, 2.75) is 64.9 Å². The molecule has 3 heterocycles. The second-order valence-electron chi connectivity index (χ2n) is 9.18. The maximum Gasteiger partial charge on any atom is 0.410 e.